The lowest BCUT2D eigenvalue weighted by molar-refractivity contribution is -0.130. The quantitative estimate of drug-likeness (QED) is 0.816. The van der Waals surface area contributed by atoms with Gasteiger partial charge in [-0.15, -0.1) is 0 Å². The zero-order valence-electron chi connectivity index (χ0n) is 10.9. The van der Waals surface area contributed by atoms with E-state index in [1.54, 1.807) is 6.20 Å². The third kappa shape index (κ3) is 3.56. The number of aromatic nitrogens is 1. The number of nitrogens with two attached hydrogens (primary N) is 1. The van der Waals surface area contributed by atoms with Crippen LogP contribution in [0.25, 0.3) is 0 Å². The summed E-state index contributed by atoms with van der Waals surface area (Å²) in [6.07, 6.45) is 2.29. The number of rotatable bonds is 5. The van der Waals surface area contributed by atoms with Crippen LogP contribution in [0.15, 0.2) is 10.6 Å². The Balaban J connectivity index is 2.63. The van der Waals surface area contributed by atoms with Crippen molar-refractivity contribution < 1.29 is 9.21 Å². The number of nitrogens with zero attached hydrogens (tertiary/aromatic N) is 1. The Morgan fingerprint density at radius 1 is 1.65 bits per heavy atom. The van der Waals surface area contributed by atoms with Crippen molar-refractivity contribution in [1.29, 1.82) is 0 Å². The molecular weight excluding hydrogens is 218 g/mol. The van der Waals surface area contributed by atoms with Gasteiger partial charge in [0.25, 0.3) is 0 Å². The molecule has 5 nitrogen and oxygen atoms in total. The van der Waals surface area contributed by atoms with E-state index in [0.29, 0.717) is 18.9 Å². The van der Waals surface area contributed by atoms with Crippen LogP contribution in [-0.4, -0.2) is 17.4 Å². The molecule has 17 heavy (non-hydrogen) atoms. The van der Waals surface area contributed by atoms with Gasteiger partial charge in [0.15, 0.2) is 0 Å². The molecule has 0 aliphatic rings. The molecule has 5 heteroatoms. The molecule has 1 aromatic heterocycles. The molecule has 0 saturated heterocycles. The third-order valence-corrected chi connectivity index (χ3v) is 2.74. The summed E-state index contributed by atoms with van der Waals surface area (Å²) in [5.41, 5.74) is 5.02. The highest BCUT2D eigenvalue weighted by Gasteiger charge is 2.28. The van der Waals surface area contributed by atoms with Crippen molar-refractivity contribution in [3.8, 4) is 0 Å². The van der Waals surface area contributed by atoms with Crippen molar-refractivity contribution in [2.45, 2.75) is 40.2 Å². The second-order valence-corrected chi connectivity index (χ2v) is 4.93. The van der Waals surface area contributed by atoms with Crippen molar-refractivity contribution in [3.05, 3.63) is 17.8 Å². The van der Waals surface area contributed by atoms with E-state index in [9.17, 15) is 4.79 Å². The van der Waals surface area contributed by atoms with Crippen LogP contribution in [0.2, 0.25) is 0 Å². The molecule has 1 heterocycles. The van der Waals surface area contributed by atoms with E-state index in [1.807, 2.05) is 27.7 Å². The number of nitrogens with one attached hydrogen (secondary N) is 1. The summed E-state index contributed by atoms with van der Waals surface area (Å²) in [4.78, 5) is 16.1. The van der Waals surface area contributed by atoms with Gasteiger partial charge >= 0.3 is 0 Å². The molecule has 3 N–H and O–H groups in total. The summed E-state index contributed by atoms with van der Waals surface area (Å²) in [7, 11) is 0. The van der Waals surface area contributed by atoms with Crippen molar-refractivity contribution in [3.63, 3.8) is 0 Å². The lowest BCUT2D eigenvalue weighted by atomic mass is 9.88. The maximum absolute atomic E-state index is 12.0. The Hall–Kier alpha value is -1.36. The highest BCUT2D eigenvalue weighted by molar-refractivity contribution is 5.82. The number of hydrogen-bond acceptors (Lipinski definition) is 4. The first-order chi connectivity index (χ1) is 7.86. The monoisotopic (exact) mass is 239 g/mol. The molecule has 0 bridgehead atoms. The van der Waals surface area contributed by atoms with Crippen molar-refractivity contribution in [2.75, 3.05) is 6.54 Å². The molecule has 1 aromatic rings. The Kier molecular flexibility index (Phi) is 4.28. The summed E-state index contributed by atoms with van der Waals surface area (Å²) in [6, 6.07) is -0.228. The molecule has 0 spiro atoms. The van der Waals surface area contributed by atoms with Crippen LogP contribution >= 0.6 is 0 Å². The van der Waals surface area contributed by atoms with Crippen LogP contribution in [0.5, 0.6) is 0 Å². The second kappa shape index (κ2) is 5.31. The molecule has 1 unspecified atom stereocenters. The Morgan fingerprint density at radius 3 is 2.76 bits per heavy atom. The van der Waals surface area contributed by atoms with Crippen LogP contribution in [0.4, 0.5) is 0 Å². The fraction of sp³-hybridized carbons (Fsp3) is 0.667. The van der Waals surface area contributed by atoms with Crippen LogP contribution in [-0.2, 0) is 4.79 Å². The van der Waals surface area contributed by atoms with Gasteiger partial charge in [-0.2, -0.15) is 0 Å². The number of oxazole rings is 1. The fourth-order valence-corrected chi connectivity index (χ4v) is 1.50. The van der Waals surface area contributed by atoms with E-state index in [-0.39, 0.29) is 11.9 Å². The lowest BCUT2D eigenvalue weighted by Gasteiger charge is -2.24. The Labute approximate surface area is 102 Å². The summed E-state index contributed by atoms with van der Waals surface area (Å²) in [6.45, 7) is 7.92. The number of aryl methyl sites for hydroxylation is 1. The summed E-state index contributed by atoms with van der Waals surface area (Å²) >= 11 is 0. The maximum Gasteiger partial charge on any atom is 0.226 e. The van der Waals surface area contributed by atoms with E-state index in [4.69, 9.17) is 10.2 Å². The third-order valence-electron chi connectivity index (χ3n) is 2.74. The normalized spacial score (nSPS) is 13.5. The zero-order chi connectivity index (χ0) is 13.1. The van der Waals surface area contributed by atoms with Crippen LogP contribution in [0, 0.1) is 12.3 Å². The second-order valence-electron chi connectivity index (χ2n) is 4.93. The Bertz CT molecular complexity index is 385. The minimum atomic E-state index is -0.468. The minimum Gasteiger partial charge on any atom is -0.444 e. The van der Waals surface area contributed by atoms with E-state index in [1.165, 1.54) is 0 Å². The average molecular weight is 239 g/mol. The molecule has 0 saturated carbocycles. The van der Waals surface area contributed by atoms with Crippen LogP contribution < -0.4 is 11.1 Å². The number of hydrogen-bond donors (Lipinski definition) is 2. The molecule has 0 radical (unpaired) electrons. The molecular formula is C12H21N3O2. The fourth-order valence-electron chi connectivity index (χ4n) is 1.50. The van der Waals surface area contributed by atoms with Crippen molar-refractivity contribution in [1.82, 2.24) is 10.3 Å². The molecule has 0 aromatic carbocycles. The minimum absolute atomic E-state index is 0.0358. The highest BCUT2D eigenvalue weighted by Crippen LogP contribution is 2.21. The van der Waals surface area contributed by atoms with Gasteiger partial charge in [-0.3, -0.25) is 4.79 Å². The first kappa shape index (κ1) is 13.7. The number of amides is 1. The summed E-state index contributed by atoms with van der Waals surface area (Å²) in [5.74, 6) is 1.23. The topological polar surface area (TPSA) is 81.2 Å². The smallest absolute Gasteiger partial charge is 0.226 e. The summed E-state index contributed by atoms with van der Waals surface area (Å²) in [5, 5.41) is 2.88. The van der Waals surface area contributed by atoms with Gasteiger partial charge in [0.2, 0.25) is 11.8 Å². The molecule has 1 rings (SSSR count). The predicted octanol–water partition coefficient (Wildman–Crippen LogP) is 1.54. The molecule has 0 aliphatic carbocycles. The molecule has 96 valence electrons. The van der Waals surface area contributed by atoms with E-state index in [2.05, 4.69) is 10.3 Å². The molecule has 0 fully saturated rings. The van der Waals surface area contributed by atoms with Gasteiger partial charge in [-0.1, -0.05) is 13.8 Å². The lowest BCUT2D eigenvalue weighted by Crippen LogP contribution is -2.39. The molecule has 0 aliphatic heterocycles. The SMILES string of the molecule is Cc1cnc(C(C)NC(=O)C(C)(C)CCN)o1. The van der Waals surface area contributed by atoms with Crippen LogP contribution in [0.1, 0.15) is 44.9 Å². The van der Waals surface area contributed by atoms with Gasteiger partial charge in [0, 0.05) is 5.41 Å². The van der Waals surface area contributed by atoms with Crippen LogP contribution in [0.3, 0.4) is 0 Å². The predicted molar refractivity (Wildman–Crippen MR) is 65.3 cm³/mol. The maximum atomic E-state index is 12.0. The average Bonchev–Trinajstić information content (AvgIpc) is 2.64. The van der Waals surface area contributed by atoms with Gasteiger partial charge in [0.05, 0.1) is 6.20 Å². The molecule has 1 atom stereocenters. The Morgan fingerprint density at radius 2 is 2.29 bits per heavy atom. The highest BCUT2D eigenvalue weighted by atomic mass is 16.4. The first-order valence-corrected chi connectivity index (χ1v) is 5.80. The zero-order valence-corrected chi connectivity index (χ0v) is 10.9. The first-order valence-electron chi connectivity index (χ1n) is 5.80. The van der Waals surface area contributed by atoms with Crippen molar-refractivity contribution in [2.24, 2.45) is 11.1 Å². The van der Waals surface area contributed by atoms with Gasteiger partial charge < -0.3 is 15.5 Å². The van der Waals surface area contributed by atoms with Gasteiger partial charge in [0.1, 0.15) is 11.8 Å². The van der Waals surface area contributed by atoms with E-state index >= 15 is 0 Å². The number of carbonyl (C=O) groups excluding carboxylic acids is 1. The standard InChI is InChI=1S/C12H21N3O2/c1-8-7-14-10(17-8)9(2)15-11(16)12(3,4)5-6-13/h7,9H,5-6,13H2,1-4H3,(H,15,16). The largest absolute Gasteiger partial charge is 0.444 e. The summed E-state index contributed by atoms with van der Waals surface area (Å²) < 4.78 is 5.37. The van der Waals surface area contributed by atoms with E-state index < -0.39 is 5.41 Å². The van der Waals surface area contributed by atoms with E-state index in [0.717, 1.165) is 5.76 Å². The molecule has 1 amide bonds. The van der Waals surface area contributed by atoms with Crippen molar-refractivity contribution >= 4 is 5.91 Å². The van der Waals surface area contributed by atoms with Gasteiger partial charge in [-0.05, 0) is 26.8 Å². The number of carbonyl (C=O) groups is 1. The van der Waals surface area contributed by atoms with Gasteiger partial charge in [-0.25, -0.2) is 4.98 Å².